The number of ether oxygens (including phenoxy) is 2. The number of rotatable bonds is 52. The van der Waals surface area contributed by atoms with Crippen LogP contribution >= 0.6 is 0 Å². The van der Waals surface area contributed by atoms with Crippen molar-refractivity contribution in [3.05, 3.63) is 0 Å². The van der Waals surface area contributed by atoms with Crippen molar-refractivity contribution in [1.82, 2.24) is 5.32 Å². The summed E-state index contributed by atoms with van der Waals surface area (Å²) in [7, 11) is 0. The minimum Gasteiger partial charge on any atom is -0.394 e. The van der Waals surface area contributed by atoms with Gasteiger partial charge in [-0.15, -0.1) is 0 Å². The third kappa shape index (κ3) is 38.5. The highest BCUT2D eigenvalue weighted by Gasteiger charge is 2.44. The van der Waals surface area contributed by atoms with Crippen LogP contribution in [0.5, 0.6) is 0 Å². The van der Waals surface area contributed by atoms with E-state index in [1.165, 1.54) is 244 Å². The molecule has 2 unspecified atom stereocenters. The fourth-order valence-electron chi connectivity index (χ4n) is 9.99. The highest BCUT2D eigenvalue weighted by Crippen LogP contribution is 2.23. The second kappa shape index (κ2) is 48.8. The maximum Gasteiger partial charge on any atom is 0.220 e. The maximum atomic E-state index is 13.0. The molecule has 0 radical (unpaired) electrons. The molecule has 1 heterocycles. The van der Waals surface area contributed by atoms with E-state index >= 15 is 0 Å². The zero-order valence-corrected chi connectivity index (χ0v) is 44.4. The van der Waals surface area contributed by atoms with Crippen LogP contribution in [0.3, 0.4) is 0 Å². The number of aliphatic hydroxyl groups is 5. The Bertz CT molecular complexity index is 1020. The first kappa shape index (κ1) is 64.2. The SMILES string of the molecule is CCCCCCCCCCCCCCCCCCCCCCCCCCCCCCCCCCCCCC(=O)N[C@@H](CO[C@@H]1O[C@H](CO)[C@@H](O)C(O)C1O)[C@H](O)CCCCCCCCCCC. The molecule has 1 aliphatic rings. The van der Waals surface area contributed by atoms with Crippen LogP contribution in [0.15, 0.2) is 0 Å². The fourth-order valence-corrected chi connectivity index (χ4v) is 9.99. The lowest BCUT2D eigenvalue weighted by atomic mass is 9.99. The molecule has 1 aliphatic heterocycles. The van der Waals surface area contributed by atoms with Gasteiger partial charge in [0.05, 0.1) is 25.4 Å². The molecular weight excluding hydrogens is 839 g/mol. The molecule has 400 valence electrons. The van der Waals surface area contributed by atoms with Gasteiger partial charge in [-0.1, -0.05) is 290 Å². The molecule has 7 atom stereocenters. The summed E-state index contributed by atoms with van der Waals surface area (Å²) < 4.78 is 11.3. The summed E-state index contributed by atoms with van der Waals surface area (Å²) in [6.07, 6.45) is 51.9. The summed E-state index contributed by atoms with van der Waals surface area (Å²) >= 11 is 0. The number of unbranched alkanes of at least 4 members (excludes halogenated alkanes) is 42. The minimum atomic E-state index is -1.55. The largest absolute Gasteiger partial charge is 0.394 e. The molecule has 0 saturated carbocycles. The number of carbonyl (C=O) groups is 1. The van der Waals surface area contributed by atoms with E-state index in [9.17, 15) is 30.3 Å². The highest BCUT2D eigenvalue weighted by atomic mass is 16.7. The third-order valence-corrected chi connectivity index (χ3v) is 14.7. The van der Waals surface area contributed by atoms with Gasteiger partial charge < -0.3 is 40.3 Å². The Kier molecular flexibility index (Phi) is 46.8. The van der Waals surface area contributed by atoms with Crippen molar-refractivity contribution < 1.29 is 39.8 Å². The summed E-state index contributed by atoms with van der Waals surface area (Å²) in [6.45, 7) is 3.84. The number of nitrogens with one attached hydrogen (secondary N) is 1. The van der Waals surface area contributed by atoms with Gasteiger partial charge in [0.2, 0.25) is 5.91 Å². The summed E-state index contributed by atoms with van der Waals surface area (Å²) in [5.74, 6) is -0.139. The van der Waals surface area contributed by atoms with Crippen LogP contribution in [0.2, 0.25) is 0 Å². The summed E-state index contributed by atoms with van der Waals surface area (Å²) in [6, 6.07) is -0.711. The van der Waals surface area contributed by atoms with Gasteiger partial charge in [0.1, 0.15) is 24.4 Å². The van der Waals surface area contributed by atoms with Crippen molar-refractivity contribution in [1.29, 1.82) is 0 Å². The molecule has 1 rings (SSSR count). The molecule has 67 heavy (non-hydrogen) atoms. The van der Waals surface area contributed by atoms with E-state index in [-0.39, 0.29) is 12.5 Å². The van der Waals surface area contributed by atoms with Crippen molar-refractivity contribution in [3.8, 4) is 0 Å². The third-order valence-electron chi connectivity index (χ3n) is 14.7. The number of carbonyl (C=O) groups excluding carboxylic acids is 1. The van der Waals surface area contributed by atoms with E-state index in [1.54, 1.807) is 0 Å². The molecular formula is C58H115NO8. The average molecular weight is 955 g/mol. The topological polar surface area (TPSA) is 149 Å². The lowest BCUT2D eigenvalue weighted by Gasteiger charge is -2.40. The second-order valence-electron chi connectivity index (χ2n) is 21.2. The molecule has 1 fully saturated rings. The molecule has 9 nitrogen and oxygen atoms in total. The van der Waals surface area contributed by atoms with Crippen LogP contribution < -0.4 is 5.32 Å². The number of hydrogen-bond acceptors (Lipinski definition) is 8. The molecule has 1 saturated heterocycles. The van der Waals surface area contributed by atoms with E-state index in [0.717, 1.165) is 38.5 Å². The first-order valence-electron chi connectivity index (χ1n) is 29.7. The molecule has 0 aliphatic carbocycles. The zero-order valence-electron chi connectivity index (χ0n) is 44.4. The number of amides is 1. The predicted molar refractivity (Wildman–Crippen MR) is 281 cm³/mol. The fraction of sp³-hybridized carbons (Fsp3) is 0.983. The second-order valence-corrected chi connectivity index (χ2v) is 21.2. The van der Waals surface area contributed by atoms with Crippen LogP contribution in [-0.2, 0) is 14.3 Å². The van der Waals surface area contributed by atoms with E-state index < -0.39 is 49.5 Å². The van der Waals surface area contributed by atoms with Crippen LogP contribution in [-0.4, -0.2) is 87.5 Å². The lowest BCUT2D eigenvalue weighted by molar-refractivity contribution is -0.302. The Hall–Kier alpha value is -0.810. The van der Waals surface area contributed by atoms with Gasteiger partial charge in [-0.3, -0.25) is 4.79 Å². The monoisotopic (exact) mass is 954 g/mol. The highest BCUT2D eigenvalue weighted by molar-refractivity contribution is 5.76. The molecule has 9 heteroatoms. The first-order chi connectivity index (χ1) is 32.8. The van der Waals surface area contributed by atoms with Crippen molar-refractivity contribution in [2.24, 2.45) is 0 Å². The van der Waals surface area contributed by atoms with E-state index in [2.05, 4.69) is 19.2 Å². The number of hydrogen-bond donors (Lipinski definition) is 6. The van der Waals surface area contributed by atoms with Crippen molar-refractivity contribution in [2.75, 3.05) is 13.2 Å². The molecule has 0 aromatic rings. The molecule has 0 spiro atoms. The van der Waals surface area contributed by atoms with Crippen LogP contribution in [0.25, 0.3) is 0 Å². The minimum absolute atomic E-state index is 0.132. The Morgan fingerprint density at radius 1 is 0.448 bits per heavy atom. The molecule has 0 bridgehead atoms. The van der Waals surface area contributed by atoms with Gasteiger partial charge in [-0.25, -0.2) is 0 Å². The lowest BCUT2D eigenvalue weighted by Crippen LogP contribution is -2.60. The Labute approximate surface area is 414 Å². The van der Waals surface area contributed by atoms with Crippen LogP contribution in [0.1, 0.15) is 309 Å². The van der Waals surface area contributed by atoms with Crippen molar-refractivity contribution in [2.45, 2.75) is 352 Å². The van der Waals surface area contributed by atoms with Crippen LogP contribution in [0.4, 0.5) is 0 Å². The summed E-state index contributed by atoms with van der Waals surface area (Å²) in [4.78, 5) is 13.0. The van der Waals surface area contributed by atoms with Gasteiger partial charge in [-0.2, -0.15) is 0 Å². The predicted octanol–water partition coefficient (Wildman–Crippen LogP) is 14.6. The van der Waals surface area contributed by atoms with Crippen molar-refractivity contribution >= 4 is 5.91 Å². The Morgan fingerprint density at radius 3 is 1.06 bits per heavy atom. The molecule has 0 aromatic carbocycles. The van der Waals surface area contributed by atoms with E-state index in [0.29, 0.717) is 12.8 Å². The first-order valence-corrected chi connectivity index (χ1v) is 29.7. The van der Waals surface area contributed by atoms with E-state index in [1.807, 2.05) is 0 Å². The van der Waals surface area contributed by atoms with Gasteiger partial charge in [0.15, 0.2) is 6.29 Å². The van der Waals surface area contributed by atoms with Gasteiger partial charge in [-0.05, 0) is 12.8 Å². The standard InChI is InChI=1S/C58H115NO8/c1-3-5-7-9-11-13-14-15-16-17-18-19-20-21-22-23-24-25-26-27-28-29-30-31-32-33-34-35-36-37-38-40-42-44-46-48-54(62)59-51(52(61)47-45-43-41-39-12-10-8-6-4-2)50-66-58-57(65)56(64)55(63)53(49-60)67-58/h51-53,55-58,60-61,63-65H,3-50H2,1-2H3,(H,59,62)/t51-,52+,53+,55+,56?,57?,58+/m0/s1. The van der Waals surface area contributed by atoms with Crippen LogP contribution in [0, 0.1) is 0 Å². The average Bonchev–Trinajstić information content (AvgIpc) is 3.33. The van der Waals surface area contributed by atoms with E-state index in [4.69, 9.17) is 9.47 Å². The maximum absolute atomic E-state index is 13.0. The normalized spacial score (nSPS) is 19.5. The van der Waals surface area contributed by atoms with Gasteiger partial charge in [0.25, 0.3) is 0 Å². The summed E-state index contributed by atoms with van der Waals surface area (Å²) in [5, 5.41) is 54.4. The summed E-state index contributed by atoms with van der Waals surface area (Å²) in [5.41, 5.74) is 0. The Morgan fingerprint density at radius 2 is 0.746 bits per heavy atom. The van der Waals surface area contributed by atoms with Gasteiger partial charge >= 0.3 is 0 Å². The molecule has 0 aromatic heterocycles. The van der Waals surface area contributed by atoms with Crippen molar-refractivity contribution in [3.63, 3.8) is 0 Å². The number of aliphatic hydroxyl groups excluding tert-OH is 5. The smallest absolute Gasteiger partial charge is 0.220 e. The van der Waals surface area contributed by atoms with Gasteiger partial charge in [0, 0.05) is 6.42 Å². The Balaban J connectivity index is 1.99. The molecule has 6 N–H and O–H groups in total. The zero-order chi connectivity index (χ0) is 48.7. The molecule has 1 amide bonds. The quantitative estimate of drug-likeness (QED) is 0.0330.